The Kier molecular flexibility index (Phi) is 2.61. The summed E-state index contributed by atoms with van der Waals surface area (Å²) in [6.45, 7) is 2.00. The van der Waals surface area contributed by atoms with Crippen LogP contribution >= 0.6 is 0 Å². The minimum atomic E-state index is -0.0891. The van der Waals surface area contributed by atoms with Gasteiger partial charge in [0.25, 0.3) is 0 Å². The third-order valence-corrected chi connectivity index (χ3v) is 5.76. The summed E-state index contributed by atoms with van der Waals surface area (Å²) in [5.74, 6) is 3.43. The van der Waals surface area contributed by atoms with E-state index < -0.39 is 0 Å². The molecule has 0 atom stereocenters. The van der Waals surface area contributed by atoms with Gasteiger partial charge in [-0.1, -0.05) is 12.1 Å². The first-order chi connectivity index (χ1) is 9.20. The summed E-state index contributed by atoms with van der Waals surface area (Å²) in [5, 5.41) is 3.59. The van der Waals surface area contributed by atoms with E-state index in [-0.39, 0.29) is 5.82 Å². The Labute approximate surface area is 114 Å². The van der Waals surface area contributed by atoms with Crippen LogP contribution in [0.3, 0.4) is 0 Å². The fourth-order valence-corrected chi connectivity index (χ4v) is 5.14. The molecule has 5 rings (SSSR count). The van der Waals surface area contributed by atoms with Crippen molar-refractivity contribution >= 4 is 5.69 Å². The lowest BCUT2D eigenvalue weighted by atomic mass is 9.54. The first-order valence-corrected chi connectivity index (χ1v) is 7.72. The monoisotopic (exact) mass is 259 g/mol. The van der Waals surface area contributed by atoms with Crippen LogP contribution in [0.25, 0.3) is 0 Å². The van der Waals surface area contributed by atoms with Gasteiger partial charge < -0.3 is 5.32 Å². The molecule has 4 saturated carbocycles. The van der Waals surface area contributed by atoms with Gasteiger partial charge in [0.15, 0.2) is 0 Å². The number of hydrogen-bond acceptors (Lipinski definition) is 1. The maximum atomic E-state index is 14.0. The summed E-state index contributed by atoms with van der Waals surface area (Å²) in [6, 6.07) is 5.89. The van der Waals surface area contributed by atoms with Gasteiger partial charge in [-0.2, -0.15) is 0 Å². The number of halogens is 1. The van der Waals surface area contributed by atoms with E-state index >= 15 is 0 Å². The average Bonchev–Trinajstić information content (AvgIpc) is 2.36. The van der Waals surface area contributed by atoms with Crippen LogP contribution in [0.1, 0.15) is 37.7 Å². The van der Waals surface area contributed by atoms with Gasteiger partial charge in [0.1, 0.15) is 5.82 Å². The molecule has 19 heavy (non-hydrogen) atoms. The van der Waals surface area contributed by atoms with E-state index in [2.05, 4.69) is 5.32 Å². The lowest BCUT2D eigenvalue weighted by Crippen LogP contribution is -2.51. The number of nitrogens with one attached hydrogen (secondary N) is 1. The van der Waals surface area contributed by atoms with E-state index in [4.69, 9.17) is 0 Å². The Morgan fingerprint density at radius 2 is 1.63 bits per heavy atom. The van der Waals surface area contributed by atoms with Crippen molar-refractivity contribution in [3.05, 3.63) is 29.6 Å². The van der Waals surface area contributed by atoms with Crippen LogP contribution in [-0.2, 0) is 0 Å². The van der Waals surface area contributed by atoms with Crippen LogP contribution < -0.4 is 5.32 Å². The predicted octanol–water partition coefficient (Wildman–Crippen LogP) is 4.37. The van der Waals surface area contributed by atoms with Crippen molar-refractivity contribution < 1.29 is 4.39 Å². The van der Waals surface area contributed by atoms with Crippen LogP contribution in [0.4, 0.5) is 10.1 Å². The minimum absolute atomic E-state index is 0.0891. The summed E-state index contributed by atoms with van der Waals surface area (Å²) < 4.78 is 14.0. The van der Waals surface area contributed by atoms with E-state index in [1.165, 1.54) is 32.1 Å². The minimum Gasteiger partial charge on any atom is -0.379 e. The molecule has 4 aliphatic carbocycles. The molecule has 0 spiro atoms. The standard InChI is InChI=1S/C17H22FN/c1-10-3-2-4-15(18)16(10)19-17-13-6-11-5-12(8-13)9-14(17)7-11/h2-4,11-14,17,19H,5-9H2,1H3. The van der Waals surface area contributed by atoms with Gasteiger partial charge in [-0.3, -0.25) is 0 Å². The molecule has 0 heterocycles. The van der Waals surface area contributed by atoms with Crippen molar-refractivity contribution in [2.75, 3.05) is 5.32 Å². The topological polar surface area (TPSA) is 12.0 Å². The second-order valence-electron chi connectivity index (χ2n) is 7.03. The third kappa shape index (κ3) is 1.87. The van der Waals surface area contributed by atoms with Crippen molar-refractivity contribution in [2.24, 2.45) is 23.7 Å². The van der Waals surface area contributed by atoms with Crippen molar-refractivity contribution in [3.8, 4) is 0 Å². The van der Waals surface area contributed by atoms with Gasteiger partial charge in [-0.15, -0.1) is 0 Å². The molecular weight excluding hydrogens is 237 g/mol. The summed E-state index contributed by atoms with van der Waals surface area (Å²) in [6.07, 6.45) is 6.96. The maximum absolute atomic E-state index is 14.0. The molecule has 0 unspecified atom stereocenters. The van der Waals surface area contributed by atoms with Crippen LogP contribution in [0, 0.1) is 36.4 Å². The highest BCUT2D eigenvalue weighted by molar-refractivity contribution is 5.52. The number of aryl methyl sites for hydroxylation is 1. The summed E-state index contributed by atoms with van der Waals surface area (Å²) >= 11 is 0. The molecule has 4 aliphatic rings. The fourth-order valence-electron chi connectivity index (χ4n) is 5.14. The number of rotatable bonds is 2. The molecule has 0 aliphatic heterocycles. The zero-order chi connectivity index (χ0) is 13.0. The second kappa shape index (κ2) is 4.22. The number of para-hydroxylation sites is 1. The molecule has 0 radical (unpaired) electrons. The lowest BCUT2D eigenvalue weighted by Gasteiger charge is -2.54. The first-order valence-electron chi connectivity index (χ1n) is 7.72. The zero-order valence-electron chi connectivity index (χ0n) is 11.5. The highest BCUT2D eigenvalue weighted by Gasteiger charge is 2.48. The molecule has 1 nitrogen and oxygen atoms in total. The Morgan fingerprint density at radius 1 is 1.00 bits per heavy atom. The van der Waals surface area contributed by atoms with E-state index in [9.17, 15) is 4.39 Å². The molecule has 2 heteroatoms. The summed E-state index contributed by atoms with van der Waals surface area (Å²) in [4.78, 5) is 0. The van der Waals surface area contributed by atoms with Crippen molar-refractivity contribution in [2.45, 2.75) is 45.1 Å². The third-order valence-electron chi connectivity index (χ3n) is 5.76. The molecule has 4 bridgehead atoms. The lowest BCUT2D eigenvalue weighted by molar-refractivity contribution is 0.00743. The molecule has 1 aromatic carbocycles. The van der Waals surface area contributed by atoms with Gasteiger partial charge in [0.2, 0.25) is 0 Å². The van der Waals surface area contributed by atoms with Gasteiger partial charge >= 0.3 is 0 Å². The number of hydrogen-bond donors (Lipinski definition) is 1. The quantitative estimate of drug-likeness (QED) is 0.831. The predicted molar refractivity (Wildman–Crippen MR) is 75.6 cm³/mol. The van der Waals surface area contributed by atoms with Gasteiger partial charge in [-0.05, 0) is 74.3 Å². The van der Waals surface area contributed by atoms with Crippen LogP contribution in [0.15, 0.2) is 18.2 Å². The summed E-state index contributed by atoms with van der Waals surface area (Å²) in [5.41, 5.74) is 1.79. The Morgan fingerprint density at radius 3 is 2.21 bits per heavy atom. The smallest absolute Gasteiger partial charge is 0.146 e. The highest BCUT2D eigenvalue weighted by Crippen LogP contribution is 2.54. The van der Waals surface area contributed by atoms with Crippen molar-refractivity contribution in [3.63, 3.8) is 0 Å². The molecular formula is C17H22FN. The first kappa shape index (κ1) is 11.7. The van der Waals surface area contributed by atoms with Crippen LogP contribution in [0.5, 0.6) is 0 Å². The van der Waals surface area contributed by atoms with Gasteiger partial charge in [0, 0.05) is 6.04 Å². The van der Waals surface area contributed by atoms with E-state index in [1.807, 2.05) is 13.0 Å². The Balaban J connectivity index is 1.60. The average molecular weight is 259 g/mol. The molecule has 4 fully saturated rings. The van der Waals surface area contributed by atoms with E-state index in [1.54, 1.807) is 12.1 Å². The SMILES string of the molecule is Cc1cccc(F)c1NC1C2CC3CC(C2)CC1C3. The maximum Gasteiger partial charge on any atom is 0.146 e. The zero-order valence-corrected chi connectivity index (χ0v) is 11.5. The number of benzene rings is 1. The van der Waals surface area contributed by atoms with Gasteiger partial charge in [-0.25, -0.2) is 4.39 Å². The Bertz CT molecular complexity index is 448. The highest BCUT2D eigenvalue weighted by atomic mass is 19.1. The normalized spacial score (nSPS) is 39.6. The van der Waals surface area contributed by atoms with Crippen molar-refractivity contribution in [1.29, 1.82) is 0 Å². The second-order valence-corrected chi connectivity index (χ2v) is 7.03. The van der Waals surface area contributed by atoms with Crippen molar-refractivity contribution in [1.82, 2.24) is 0 Å². The molecule has 1 aromatic rings. The van der Waals surface area contributed by atoms with Crippen LogP contribution in [0.2, 0.25) is 0 Å². The Hall–Kier alpha value is -1.05. The molecule has 0 aromatic heterocycles. The van der Waals surface area contributed by atoms with Crippen LogP contribution in [-0.4, -0.2) is 6.04 Å². The van der Waals surface area contributed by atoms with E-state index in [0.29, 0.717) is 6.04 Å². The molecule has 102 valence electrons. The fraction of sp³-hybridized carbons (Fsp3) is 0.647. The largest absolute Gasteiger partial charge is 0.379 e. The molecule has 1 N–H and O–H groups in total. The summed E-state index contributed by atoms with van der Waals surface area (Å²) in [7, 11) is 0. The van der Waals surface area contributed by atoms with E-state index in [0.717, 1.165) is 34.9 Å². The van der Waals surface area contributed by atoms with Gasteiger partial charge in [0.05, 0.1) is 5.69 Å². The molecule has 0 amide bonds. The molecule has 0 saturated heterocycles. The number of anilines is 1.